The smallest absolute Gasteiger partial charge is 0.275 e. The number of hydrogen-bond acceptors (Lipinski definition) is 3. The SMILES string of the molecule is CC1CC1CNCc1ccc(Cl)cc1[N+](=O)[O-]. The van der Waals surface area contributed by atoms with Crippen LogP contribution in [0.15, 0.2) is 18.2 Å². The van der Waals surface area contributed by atoms with Gasteiger partial charge in [0.1, 0.15) is 0 Å². The predicted octanol–water partition coefficient (Wildman–Crippen LogP) is 2.99. The topological polar surface area (TPSA) is 55.2 Å². The first kappa shape index (κ1) is 12.3. The van der Waals surface area contributed by atoms with E-state index in [-0.39, 0.29) is 10.6 Å². The molecule has 1 aliphatic carbocycles. The highest BCUT2D eigenvalue weighted by Crippen LogP contribution is 2.36. The van der Waals surface area contributed by atoms with Crippen molar-refractivity contribution in [3.63, 3.8) is 0 Å². The summed E-state index contributed by atoms with van der Waals surface area (Å²) in [6, 6.07) is 4.80. The number of halogens is 1. The summed E-state index contributed by atoms with van der Waals surface area (Å²) in [5, 5.41) is 14.5. The predicted molar refractivity (Wildman–Crippen MR) is 67.1 cm³/mol. The van der Waals surface area contributed by atoms with E-state index in [9.17, 15) is 10.1 Å². The minimum Gasteiger partial charge on any atom is -0.312 e. The monoisotopic (exact) mass is 254 g/mol. The highest BCUT2D eigenvalue weighted by molar-refractivity contribution is 6.30. The van der Waals surface area contributed by atoms with Crippen molar-refractivity contribution in [2.75, 3.05) is 6.54 Å². The molecule has 0 bridgehead atoms. The number of nitro benzene ring substituents is 1. The van der Waals surface area contributed by atoms with Crippen LogP contribution >= 0.6 is 11.6 Å². The van der Waals surface area contributed by atoms with E-state index in [1.54, 1.807) is 12.1 Å². The number of nitrogens with zero attached hydrogens (tertiary/aromatic N) is 1. The van der Waals surface area contributed by atoms with Gasteiger partial charge in [-0.1, -0.05) is 18.5 Å². The average molecular weight is 255 g/mol. The summed E-state index contributed by atoms with van der Waals surface area (Å²) in [5.74, 6) is 1.53. The summed E-state index contributed by atoms with van der Waals surface area (Å²) in [4.78, 5) is 10.5. The lowest BCUT2D eigenvalue weighted by molar-refractivity contribution is -0.385. The molecule has 4 nitrogen and oxygen atoms in total. The molecular formula is C12H15ClN2O2. The lowest BCUT2D eigenvalue weighted by atomic mass is 10.2. The van der Waals surface area contributed by atoms with Gasteiger partial charge in [-0.3, -0.25) is 10.1 Å². The van der Waals surface area contributed by atoms with Crippen LogP contribution in [0.2, 0.25) is 5.02 Å². The highest BCUT2D eigenvalue weighted by Gasteiger charge is 2.31. The minimum atomic E-state index is -0.386. The fourth-order valence-electron chi connectivity index (χ4n) is 1.93. The maximum atomic E-state index is 10.9. The van der Waals surface area contributed by atoms with Gasteiger partial charge in [-0.25, -0.2) is 0 Å². The number of benzene rings is 1. The van der Waals surface area contributed by atoms with E-state index in [2.05, 4.69) is 12.2 Å². The second-order valence-corrected chi connectivity index (χ2v) is 5.07. The summed E-state index contributed by atoms with van der Waals surface area (Å²) in [5.41, 5.74) is 0.779. The van der Waals surface area contributed by atoms with Gasteiger partial charge in [0.2, 0.25) is 0 Å². The van der Waals surface area contributed by atoms with E-state index >= 15 is 0 Å². The van der Waals surface area contributed by atoms with Crippen molar-refractivity contribution in [2.24, 2.45) is 11.8 Å². The first-order valence-electron chi connectivity index (χ1n) is 5.71. The Kier molecular flexibility index (Phi) is 3.64. The van der Waals surface area contributed by atoms with Crippen LogP contribution in [0.3, 0.4) is 0 Å². The van der Waals surface area contributed by atoms with E-state index < -0.39 is 0 Å². The summed E-state index contributed by atoms with van der Waals surface area (Å²) in [6.45, 7) is 3.68. The van der Waals surface area contributed by atoms with Crippen LogP contribution in [0.25, 0.3) is 0 Å². The van der Waals surface area contributed by atoms with Gasteiger partial charge in [-0.15, -0.1) is 0 Å². The summed E-state index contributed by atoms with van der Waals surface area (Å²) < 4.78 is 0. The second-order valence-electron chi connectivity index (χ2n) is 4.63. The molecule has 1 aromatic carbocycles. The molecule has 92 valence electrons. The van der Waals surface area contributed by atoms with Crippen molar-refractivity contribution in [3.05, 3.63) is 38.9 Å². The van der Waals surface area contributed by atoms with Gasteiger partial charge in [0.25, 0.3) is 5.69 Å². The van der Waals surface area contributed by atoms with Crippen LogP contribution in [0.5, 0.6) is 0 Å². The van der Waals surface area contributed by atoms with E-state index in [1.165, 1.54) is 12.5 Å². The maximum Gasteiger partial charge on any atom is 0.275 e. The van der Waals surface area contributed by atoms with Gasteiger partial charge in [-0.2, -0.15) is 0 Å². The van der Waals surface area contributed by atoms with Gasteiger partial charge in [0, 0.05) is 23.2 Å². The third-order valence-electron chi connectivity index (χ3n) is 3.24. The lowest BCUT2D eigenvalue weighted by Gasteiger charge is -2.05. The van der Waals surface area contributed by atoms with Crippen LogP contribution in [-0.2, 0) is 6.54 Å². The van der Waals surface area contributed by atoms with Gasteiger partial charge < -0.3 is 5.32 Å². The van der Waals surface area contributed by atoms with E-state index in [0.29, 0.717) is 17.1 Å². The normalized spacial score (nSPS) is 22.5. The van der Waals surface area contributed by atoms with Crippen LogP contribution in [0, 0.1) is 22.0 Å². The molecule has 1 fully saturated rings. The largest absolute Gasteiger partial charge is 0.312 e. The standard InChI is InChI=1S/C12H15ClN2O2/c1-8-4-10(8)7-14-6-9-2-3-11(13)5-12(9)15(16)17/h2-3,5,8,10,14H,4,6-7H2,1H3. The fourth-order valence-corrected chi connectivity index (χ4v) is 2.10. The Balaban J connectivity index is 1.96. The van der Waals surface area contributed by atoms with E-state index in [1.807, 2.05) is 0 Å². The molecule has 0 heterocycles. The van der Waals surface area contributed by atoms with E-state index in [0.717, 1.165) is 18.4 Å². The summed E-state index contributed by atoms with van der Waals surface area (Å²) in [6.07, 6.45) is 1.26. The third-order valence-corrected chi connectivity index (χ3v) is 3.48. The molecule has 0 aromatic heterocycles. The van der Waals surface area contributed by atoms with Crippen LogP contribution in [0.1, 0.15) is 18.9 Å². The number of rotatable bonds is 5. The van der Waals surface area contributed by atoms with Gasteiger partial charge >= 0.3 is 0 Å². The maximum absolute atomic E-state index is 10.9. The Morgan fingerprint density at radius 1 is 1.59 bits per heavy atom. The fraction of sp³-hybridized carbons (Fsp3) is 0.500. The van der Waals surface area contributed by atoms with Gasteiger partial charge in [-0.05, 0) is 36.9 Å². The Morgan fingerprint density at radius 2 is 2.29 bits per heavy atom. The Labute approximate surface area is 105 Å². The van der Waals surface area contributed by atoms with Crippen molar-refractivity contribution in [3.8, 4) is 0 Å². The molecule has 17 heavy (non-hydrogen) atoms. The molecule has 0 aliphatic heterocycles. The van der Waals surface area contributed by atoms with Crippen LogP contribution < -0.4 is 5.32 Å². The third kappa shape index (κ3) is 3.17. The molecular weight excluding hydrogens is 240 g/mol. The molecule has 0 spiro atoms. The molecule has 1 aliphatic rings. The van der Waals surface area contributed by atoms with Gasteiger partial charge in [0.15, 0.2) is 0 Å². The number of hydrogen-bond donors (Lipinski definition) is 1. The minimum absolute atomic E-state index is 0.0915. The van der Waals surface area contributed by atoms with Crippen LogP contribution in [-0.4, -0.2) is 11.5 Å². The van der Waals surface area contributed by atoms with Crippen molar-refractivity contribution in [2.45, 2.75) is 19.9 Å². The summed E-state index contributed by atoms with van der Waals surface area (Å²) in [7, 11) is 0. The molecule has 2 rings (SSSR count). The lowest BCUT2D eigenvalue weighted by Crippen LogP contribution is -2.17. The zero-order chi connectivity index (χ0) is 12.4. The molecule has 1 saturated carbocycles. The van der Waals surface area contributed by atoms with Gasteiger partial charge in [0.05, 0.1) is 4.92 Å². The Hall–Kier alpha value is -1.13. The van der Waals surface area contributed by atoms with Crippen molar-refractivity contribution < 1.29 is 4.92 Å². The quantitative estimate of drug-likeness (QED) is 0.649. The molecule has 2 unspecified atom stereocenters. The first-order chi connectivity index (χ1) is 8.08. The molecule has 0 amide bonds. The van der Waals surface area contributed by atoms with E-state index in [4.69, 9.17) is 11.6 Å². The summed E-state index contributed by atoms with van der Waals surface area (Å²) >= 11 is 5.75. The molecule has 5 heteroatoms. The van der Waals surface area contributed by atoms with Crippen LogP contribution in [0.4, 0.5) is 5.69 Å². The molecule has 0 radical (unpaired) electrons. The zero-order valence-electron chi connectivity index (χ0n) is 9.65. The Bertz CT molecular complexity index is 437. The molecule has 1 aromatic rings. The first-order valence-corrected chi connectivity index (χ1v) is 6.09. The zero-order valence-corrected chi connectivity index (χ0v) is 10.4. The average Bonchev–Trinajstić information content (AvgIpc) is 2.96. The second kappa shape index (κ2) is 5.02. The molecule has 2 atom stereocenters. The molecule has 1 N–H and O–H groups in total. The number of nitro groups is 1. The number of nitrogens with one attached hydrogen (secondary N) is 1. The van der Waals surface area contributed by atoms with Crippen molar-refractivity contribution >= 4 is 17.3 Å². The molecule has 0 saturated heterocycles. The van der Waals surface area contributed by atoms with Crippen molar-refractivity contribution in [1.29, 1.82) is 0 Å². The Morgan fingerprint density at radius 3 is 2.88 bits per heavy atom. The van der Waals surface area contributed by atoms with Crippen molar-refractivity contribution in [1.82, 2.24) is 5.32 Å². The highest BCUT2D eigenvalue weighted by atomic mass is 35.5.